The summed E-state index contributed by atoms with van der Waals surface area (Å²) in [5.41, 5.74) is 4.78. The van der Waals surface area contributed by atoms with Gasteiger partial charge in [0.2, 0.25) is 0 Å². The molecule has 0 saturated carbocycles. The average Bonchev–Trinajstić information content (AvgIpc) is 3.21. The second kappa shape index (κ2) is 9.84. The molecule has 0 radical (unpaired) electrons. The van der Waals surface area contributed by atoms with Gasteiger partial charge < -0.3 is 9.47 Å². The number of aryl methyl sites for hydroxylation is 2. The number of thiophene rings is 1. The lowest BCUT2D eigenvalue weighted by Gasteiger charge is -2.09. The van der Waals surface area contributed by atoms with E-state index in [0.717, 1.165) is 34.6 Å². The Morgan fingerprint density at radius 3 is 2.39 bits per heavy atom. The van der Waals surface area contributed by atoms with Crippen molar-refractivity contribution >= 4 is 43.4 Å². The number of fused-ring (bicyclic) bond motifs is 3. The summed E-state index contributed by atoms with van der Waals surface area (Å²) in [6.45, 7) is 9.38. The number of esters is 2. The molecule has 0 unspecified atom stereocenters. The molecule has 0 N–H and O–H groups in total. The van der Waals surface area contributed by atoms with Gasteiger partial charge in [0, 0.05) is 32.3 Å². The SMILES string of the molecule is C=CC(=O)OCCCc1ccc(-c2ccc3c(sc4cc(OC(=O)C=C)ccc43)c2C)cc1. The van der Waals surface area contributed by atoms with E-state index in [-0.39, 0.29) is 5.97 Å². The van der Waals surface area contributed by atoms with Gasteiger partial charge in [-0.1, -0.05) is 49.6 Å². The largest absolute Gasteiger partial charge is 0.463 e. The summed E-state index contributed by atoms with van der Waals surface area (Å²) >= 11 is 1.70. The zero-order valence-electron chi connectivity index (χ0n) is 18.4. The Kier molecular flexibility index (Phi) is 6.71. The fraction of sp³-hybridized carbons (Fsp3) is 0.143. The minimum absolute atomic E-state index is 0.383. The summed E-state index contributed by atoms with van der Waals surface area (Å²) < 4.78 is 12.6. The van der Waals surface area contributed by atoms with Gasteiger partial charge in [0.25, 0.3) is 0 Å². The molecule has 0 atom stereocenters. The maximum atomic E-state index is 11.5. The lowest BCUT2D eigenvalue weighted by Crippen LogP contribution is -2.02. The van der Waals surface area contributed by atoms with Gasteiger partial charge >= 0.3 is 11.9 Å². The minimum atomic E-state index is -0.463. The average molecular weight is 457 g/mol. The zero-order valence-corrected chi connectivity index (χ0v) is 19.2. The highest BCUT2D eigenvalue weighted by atomic mass is 32.1. The summed E-state index contributed by atoms with van der Waals surface area (Å²) in [7, 11) is 0. The molecule has 4 rings (SSSR count). The topological polar surface area (TPSA) is 52.6 Å². The molecule has 0 fully saturated rings. The van der Waals surface area contributed by atoms with Gasteiger partial charge in [-0.15, -0.1) is 11.3 Å². The first-order chi connectivity index (χ1) is 16.0. The highest BCUT2D eigenvalue weighted by Crippen LogP contribution is 2.40. The van der Waals surface area contributed by atoms with Crippen molar-refractivity contribution in [2.24, 2.45) is 0 Å². The lowest BCUT2D eigenvalue weighted by molar-refractivity contribution is -0.137. The molecule has 0 aliphatic rings. The Morgan fingerprint density at radius 2 is 1.67 bits per heavy atom. The van der Waals surface area contributed by atoms with Crippen LogP contribution in [-0.4, -0.2) is 18.5 Å². The van der Waals surface area contributed by atoms with Crippen LogP contribution >= 0.6 is 11.3 Å². The van der Waals surface area contributed by atoms with Crippen molar-refractivity contribution < 1.29 is 19.1 Å². The van der Waals surface area contributed by atoms with Crippen LogP contribution in [0.25, 0.3) is 31.3 Å². The third-order valence-corrected chi connectivity index (χ3v) is 6.82. The molecule has 1 aromatic heterocycles. The highest BCUT2D eigenvalue weighted by molar-refractivity contribution is 7.26. The van der Waals surface area contributed by atoms with Crippen molar-refractivity contribution in [2.75, 3.05) is 6.61 Å². The van der Waals surface area contributed by atoms with Crippen LogP contribution in [0.15, 0.2) is 79.9 Å². The fourth-order valence-corrected chi connectivity index (χ4v) is 5.08. The molecule has 33 heavy (non-hydrogen) atoms. The molecule has 0 amide bonds. The maximum Gasteiger partial charge on any atom is 0.335 e. The smallest absolute Gasteiger partial charge is 0.335 e. The van der Waals surface area contributed by atoms with Crippen LogP contribution < -0.4 is 4.74 Å². The van der Waals surface area contributed by atoms with Crippen LogP contribution in [0, 0.1) is 6.92 Å². The van der Waals surface area contributed by atoms with E-state index >= 15 is 0 Å². The number of ether oxygens (including phenoxy) is 2. The zero-order chi connectivity index (χ0) is 23.4. The second-order valence-electron chi connectivity index (χ2n) is 7.67. The summed E-state index contributed by atoms with van der Waals surface area (Å²) in [5, 5.41) is 2.35. The van der Waals surface area contributed by atoms with E-state index in [4.69, 9.17) is 9.47 Å². The van der Waals surface area contributed by atoms with E-state index in [2.05, 4.69) is 56.5 Å². The van der Waals surface area contributed by atoms with Crippen molar-refractivity contribution in [3.63, 3.8) is 0 Å². The minimum Gasteiger partial charge on any atom is -0.463 e. The predicted molar refractivity (Wildman–Crippen MR) is 135 cm³/mol. The Balaban J connectivity index is 1.56. The van der Waals surface area contributed by atoms with Gasteiger partial charge in [0.15, 0.2) is 0 Å². The van der Waals surface area contributed by atoms with Crippen LogP contribution in [0.4, 0.5) is 0 Å². The van der Waals surface area contributed by atoms with Gasteiger partial charge in [-0.3, -0.25) is 0 Å². The summed E-state index contributed by atoms with van der Waals surface area (Å²) in [4.78, 5) is 22.6. The van der Waals surface area contributed by atoms with Crippen LogP contribution in [0.3, 0.4) is 0 Å². The molecular formula is C28H24O4S. The molecule has 0 spiro atoms. The van der Waals surface area contributed by atoms with Crippen LogP contribution in [0.5, 0.6) is 5.75 Å². The molecule has 4 aromatic rings. The van der Waals surface area contributed by atoms with Crippen molar-refractivity contribution in [3.8, 4) is 16.9 Å². The molecule has 0 saturated heterocycles. The molecule has 1 heterocycles. The third-order valence-electron chi connectivity index (χ3n) is 5.53. The number of hydrogen-bond donors (Lipinski definition) is 0. The Morgan fingerprint density at radius 1 is 0.939 bits per heavy atom. The molecular weight excluding hydrogens is 432 g/mol. The van der Waals surface area contributed by atoms with Crippen molar-refractivity contribution in [1.29, 1.82) is 0 Å². The number of hydrogen-bond acceptors (Lipinski definition) is 5. The number of rotatable bonds is 8. The Labute approximate surface area is 196 Å². The molecule has 0 aliphatic heterocycles. The van der Waals surface area contributed by atoms with E-state index < -0.39 is 5.97 Å². The first kappa shape index (κ1) is 22.5. The Bertz CT molecular complexity index is 1360. The molecule has 0 aliphatic carbocycles. The van der Waals surface area contributed by atoms with Crippen molar-refractivity contribution in [3.05, 3.63) is 91.0 Å². The molecule has 166 valence electrons. The van der Waals surface area contributed by atoms with Gasteiger partial charge in [-0.05, 0) is 60.2 Å². The van der Waals surface area contributed by atoms with E-state index in [1.807, 2.05) is 18.2 Å². The number of benzene rings is 3. The van der Waals surface area contributed by atoms with E-state index in [0.29, 0.717) is 12.4 Å². The summed E-state index contributed by atoms with van der Waals surface area (Å²) in [5.74, 6) is -0.326. The first-order valence-electron chi connectivity index (χ1n) is 10.7. The molecule has 3 aromatic carbocycles. The van der Waals surface area contributed by atoms with Gasteiger partial charge in [-0.2, -0.15) is 0 Å². The number of carbonyl (C=O) groups is 2. The molecule has 0 bridgehead atoms. The van der Waals surface area contributed by atoms with Crippen LogP contribution in [-0.2, 0) is 20.7 Å². The van der Waals surface area contributed by atoms with E-state index in [1.54, 1.807) is 11.3 Å². The van der Waals surface area contributed by atoms with Crippen LogP contribution in [0.2, 0.25) is 0 Å². The highest BCUT2D eigenvalue weighted by Gasteiger charge is 2.13. The van der Waals surface area contributed by atoms with Gasteiger partial charge in [0.05, 0.1) is 6.61 Å². The summed E-state index contributed by atoms with van der Waals surface area (Å²) in [6, 6.07) is 18.6. The monoisotopic (exact) mass is 456 g/mol. The fourth-order valence-electron chi connectivity index (χ4n) is 3.85. The lowest BCUT2D eigenvalue weighted by atomic mass is 9.97. The van der Waals surface area contributed by atoms with E-state index in [9.17, 15) is 9.59 Å². The number of carbonyl (C=O) groups excluding carboxylic acids is 2. The molecule has 5 heteroatoms. The predicted octanol–water partition coefficient (Wildman–Crippen LogP) is 6.78. The van der Waals surface area contributed by atoms with Gasteiger partial charge in [0.1, 0.15) is 5.75 Å². The van der Waals surface area contributed by atoms with Gasteiger partial charge in [-0.25, -0.2) is 9.59 Å². The third kappa shape index (κ3) is 4.89. The first-order valence-corrected chi connectivity index (χ1v) is 11.5. The standard InChI is InChI=1S/C28H24O4S/c1-4-26(29)31-16-6-7-19-8-10-20(11-9-19)22-14-15-24-23-13-12-21(32-27(30)5-2)17-25(23)33-28(24)18(22)3/h4-5,8-15,17H,1-2,6-7,16H2,3H3. The van der Waals surface area contributed by atoms with Crippen molar-refractivity contribution in [1.82, 2.24) is 0 Å². The normalized spacial score (nSPS) is 10.8. The molecule has 4 nitrogen and oxygen atoms in total. The van der Waals surface area contributed by atoms with Crippen molar-refractivity contribution in [2.45, 2.75) is 19.8 Å². The Hall–Kier alpha value is -3.70. The second-order valence-corrected chi connectivity index (χ2v) is 8.72. The summed E-state index contributed by atoms with van der Waals surface area (Å²) in [6.07, 6.45) is 3.96. The van der Waals surface area contributed by atoms with E-state index in [1.165, 1.54) is 32.9 Å². The maximum absolute atomic E-state index is 11.5. The quantitative estimate of drug-likeness (QED) is 0.127. The van der Waals surface area contributed by atoms with Crippen LogP contribution in [0.1, 0.15) is 17.5 Å².